The predicted octanol–water partition coefficient (Wildman–Crippen LogP) is 10.2. The summed E-state index contributed by atoms with van der Waals surface area (Å²) >= 11 is 6.26. The van der Waals surface area contributed by atoms with E-state index in [9.17, 15) is 0 Å². The van der Waals surface area contributed by atoms with E-state index in [-0.39, 0.29) is 0 Å². The lowest BCUT2D eigenvalue weighted by Gasteiger charge is -2.38. The van der Waals surface area contributed by atoms with Crippen LogP contribution >= 0.6 is 38.5 Å². The highest BCUT2D eigenvalue weighted by Crippen LogP contribution is 2.42. The second kappa shape index (κ2) is 12.1. The fraction of sp³-hybridized carbons (Fsp3) is 0.643. The van der Waals surface area contributed by atoms with E-state index in [4.69, 9.17) is 0 Å². The van der Waals surface area contributed by atoms with Gasteiger partial charge in [0.05, 0.1) is 0 Å². The lowest BCUT2D eigenvalue weighted by Crippen LogP contribution is -2.43. The van der Waals surface area contributed by atoms with Gasteiger partial charge in [-0.15, -0.1) is 11.1 Å². The van der Waals surface area contributed by atoms with E-state index in [1.807, 2.05) is 0 Å². The fourth-order valence-electron chi connectivity index (χ4n) is 5.96. The van der Waals surface area contributed by atoms with Gasteiger partial charge in [-0.05, 0) is 83.9 Å². The molecule has 0 spiro atoms. The van der Waals surface area contributed by atoms with E-state index in [0.29, 0.717) is 33.2 Å². The molecule has 4 heteroatoms. The van der Waals surface area contributed by atoms with Gasteiger partial charge < -0.3 is 0 Å². The molecule has 0 amide bonds. The van der Waals surface area contributed by atoms with Crippen molar-refractivity contribution in [3.63, 3.8) is 0 Å². The van der Waals surface area contributed by atoms with E-state index in [1.54, 1.807) is 0 Å². The first-order valence-electron chi connectivity index (χ1n) is 12.2. The van der Waals surface area contributed by atoms with Crippen LogP contribution in [0.2, 0.25) is 33.2 Å². The highest BCUT2D eigenvalue weighted by Gasteiger charge is 2.42. The van der Waals surface area contributed by atoms with Crippen molar-refractivity contribution in [1.29, 1.82) is 0 Å². The Hall–Kier alpha value is -0.0162. The SMILES string of the molecule is CC(C)[Si](C#Cc1cc(I)c(C#C[Si](C(C)C)(C(C)C)C(C)C)cc1Br)(C(C)C)C(C)C. The average molecular weight is 644 g/mol. The van der Waals surface area contributed by atoms with Crippen LogP contribution in [0, 0.1) is 26.5 Å². The fourth-order valence-corrected chi connectivity index (χ4v) is 17.4. The molecule has 0 N–H and O–H groups in total. The van der Waals surface area contributed by atoms with Gasteiger partial charge in [-0.25, -0.2) is 0 Å². The van der Waals surface area contributed by atoms with Crippen LogP contribution < -0.4 is 0 Å². The molecule has 0 aliphatic heterocycles. The minimum atomic E-state index is -1.75. The Balaban J connectivity index is 3.55. The van der Waals surface area contributed by atoms with E-state index < -0.39 is 16.1 Å². The van der Waals surface area contributed by atoms with Gasteiger partial charge in [0.2, 0.25) is 0 Å². The van der Waals surface area contributed by atoms with Crippen LogP contribution in [0.5, 0.6) is 0 Å². The lowest BCUT2D eigenvalue weighted by molar-refractivity contribution is 0.838. The van der Waals surface area contributed by atoms with Crippen LogP contribution in [0.1, 0.15) is 94.2 Å². The summed E-state index contributed by atoms with van der Waals surface area (Å²) < 4.78 is 2.27. The molecule has 0 heterocycles. The Morgan fingerprint density at radius 2 is 0.906 bits per heavy atom. The highest BCUT2D eigenvalue weighted by molar-refractivity contribution is 14.1. The molecule has 0 saturated heterocycles. The Labute approximate surface area is 223 Å². The zero-order valence-corrected chi connectivity index (χ0v) is 28.1. The Bertz CT molecular complexity index is 786. The van der Waals surface area contributed by atoms with Gasteiger partial charge in [-0.2, -0.15) is 0 Å². The molecule has 0 aromatic heterocycles. The van der Waals surface area contributed by atoms with Crippen molar-refractivity contribution < 1.29 is 0 Å². The minimum Gasteiger partial charge on any atom is -0.125 e. The van der Waals surface area contributed by atoms with Gasteiger partial charge in [0.25, 0.3) is 0 Å². The van der Waals surface area contributed by atoms with Crippen LogP contribution in [0.3, 0.4) is 0 Å². The Morgan fingerprint density at radius 3 is 1.22 bits per heavy atom. The van der Waals surface area contributed by atoms with Crippen LogP contribution in [0.25, 0.3) is 0 Å². The molecule has 1 aromatic carbocycles. The Morgan fingerprint density at radius 1 is 0.594 bits per heavy atom. The van der Waals surface area contributed by atoms with E-state index in [1.165, 1.54) is 3.57 Å². The maximum atomic E-state index is 3.87. The number of benzene rings is 1. The van der Waals surface area contributed by atoms with Gasteiger partial charge >= 0.3 is 0 Å². The maximum absolute atomic E-state index is 3.87. The Kier molecular flexibility index (Phi) is 11.3. The predicted molar refractivity (Wildman–Crippen MR) is 163 cm³/mol. The van der Waals surface area contributed by atoms with Gasteiger partial charge in [0.15, 0.2) is 0 Å². The zero-order valence-electron chi connectivity index (χ0n) is 22.4. The van der Waals surface area contributed by atoms with Crippen LogP contribution in [0.15, 0.2) is 16.6 Å². The first-order valence-corrected chi connectivity index (χ1v) is 18.5. The summed E-state index contributed by atoms with van der Waals surface area (Å²) in [6, 6.07) is 4.42. The van der Waals surface area contributed by atoms with Gasteiger partial charge in [-0.3, -0.25) is 0 Å². The number of halogens is 2. The van der Waals surface area contributed by atoms with Gasteiger partial charge in [0.1, 0.15) is 16.1 Å². The first-order chi connectivity index (χ1) is 14.6. The summed E-state index contributed by atoms with van der Waals surface area (Å²) in [5, 5.41) is 0. The summed E-state index contributed by atoms with van der Waals surface area (Å²) in [4.78, 5) is 0. The van der Waals surface area contributed by atoms with Crippen molar-refractivity contribution >= 4 is 54.7 Å². The summed E-state index contributed by atoms with van der Waals surface area (Å²) in [7, 11) is -3.49. The summed E-state index contributed by atoms with van der Waals surface area (Å²) in [5.74, 6) is 7.24. The third-order valence-electron chi connectivity index (χ3n) is 7.62. The summed E-state index contributed by atoms with van der Waals surface area (Å²) in [6.45, 7) is 28.4. The monoisotopic (exact) mass is 642 g/mol. The number of rotatable bonds is 6. The molecular weight excluding hydrogens is 599 g/mol. The second-order valence-corrected chi connectivity index (χ2v) is 24.3. The molecule has 32 heavy (non-hydrogen) atoms. The molecule has 0 nitrogen and oxygen atoms in total. The van der Waals surface area contributed by atoms with Crippen LogP contribution in [-0.2, 0) is 0 Å². The quantitative estimate of drug-likeness (QED) is 0.164. The van der Waals surface area contributed by atoms with Crippen molar-refractivity contribution in [1.82, 2.24) is 0 Å². The third-order valence-corrected chi connectivity index (χ3v) is 21.7. The maximum Gasteiger partial charge on any atom is 0.146 e. The normalized spacial score (nSPS) is 12.6. The zero-order chi connectivity index (χ0) is 25.0. The molecule has 0 radical (unpaired) electrons. The molecule has 0 aliphatic carbocycles. The lowest BCUT2D eigenvalue weighted by atomic mass is 10.1. The average Bonchev–Trinajstić information content (AvgIpc) is 2.64. The smallest absolute Gasteiger partial charge is 0.125 e. The van der Waals surface area contributed by atoms with Crippen molar-refractivity contribution in [3.8, 4) is 22.9 Å². The van der Waals surface area contributed by atoms with E-state index in [0.717, 1.165) is 15.6 Å². The van der Waals surface area contributed by atoms with Crippen molar-refractivity contribution in [2.75, 3.05) is 0 Å². The molecule has 1 rings (SSSR count). The number of hydrogen-bond acceptors (Lipinski definition) is 0. The van der Waals surface area contributed by atoms with Crippen molar-refractivity contribution in [2.45, 2.75) is 116 Å². The molecule has 0 atom stereocenters. The second-order valence-electron chi connectivity index (χ2n) is 11.1. The molecule has 0 bridgehead atoms. The minimum absolute atomic E-state index is 0.638. The van der Waals surface area contributed by atoms with Gasteiger partial charge in [-0.1, -0.05) is 94.9 Å². The molecule has 178 valence electrons. The first kappa shape index (κ1) is 30.0. The van der Waals surface area contributed by atoms with E-state index >= 15 is 0 Å². The highest BCUT2D eigenvalue weighted by atomic mass is 127. The number of hydrogen-bond donors (Lipinski definition) is 0. The third kappa shape index (κ3) is 6.15. The van der Waals surface area contributed by atoms with Crippen LogP contribution in [0.4, 0.5) is 0 Å². The summed E-state index contributed by atoms with van der Waals surface area (Å²) in [5.41, 5.74) is 13.8. The molecule has 0 aliphatic rings. The molecule has 0 unspecified atom stereocenters. The van der Waals surface area contributed by atoms with Crippen molar-refractivity contribution in [3.05, 3.63) is 31.3 Å². The standard InChI is InChI=1S/C28H44BrISi2/c1-19(2)31(20(3)4,21(5)6)15-13-25-18-28(30)26(17-27(25)29)14-16-32(22(7)8,23(9)10)24(11)12/h17-24H,1-12H3. The molecule has 1 aromatic rings. The topological polar surface area (TPSA) is 0 Å². The van der Waals surface area contributed by atoms with Gasteiger partial charge in [0, 0.05) is 19.2 Å². The molecular formula is C28H44BrISi2. The van der Waals surface area contributed by atoms with Crippen molar-refractivity contribution in [2.24, 2.45) is 0 Å². The largest absolute Gasteiger partial charge is 0.146 e. The van der Waals surface area contributed by atoms with Crippen LogP contribution in [-0.4, -0.2) is 16.1 Å². The summed E-state index contributed by atoms with van der Waals surface area (Å²) in [6.07, 6.45) is 0. The molecule has 0 fully saturated rings. The van der Waals surface area contributed by atoms with E-state index in [2.05, 4.69) is 157 Å². The molecule has 0 saturated carbocycles.